The van der Waals surface area contributed by atoms with Crippen molar-refractivity contribution >= 4 is 22.1 Å². The minimum Gasteiger partial charge on any atom is -0.446 e. The molecule has 0 aromatic heterocycles. The number of hydrogen-bond donors (Lipinski definition) is 1. The zero-order chi connectivity index (χ0) is 22.7. The molecule has 166 valence electrons. The normalized spacial score (nSPS) is 15.9. The summed E-state index contributed by atoms with van der Waals surface area (Å²) >= 11 is 0. The van der Waals surface area contributed by atoms with Gasteiger partial charge in [-0.05, 0) is 0 Å². The van der Waals surface area contributed by atoms with E-state index in [1.165, 1.54) is 0 Å². The molecule has 2 unspecified atom stereocenters. The van der Waals surface area contributed by atoms with Crippen LogP contribution in [0.3, 0.4) is 0 Å². The molecule has 0 bridgehead atoms. The summed E-state index contributed by atoms with van der Waals surface area (Å²) in [6.07, 6.45) is -28.2. The average molecular weight is 462 g/mol. The first-order chi connectivity index (χ1) is 12.2. The molecule has 0 aliphatic heterocycles. The molecule has 7 nitrogen and oxygen atoms in total. The molecule has 0 aromatic carbocycles. The van der Waals surface area contributed by atoms with Gasteiger partial charge in [-0.15, -0.1) is 0 Å². The number of rotatable bonds is 8. The molecule has 0 heterocycles. The Morgan fingerprint density at radius 3 is 1.50 bits per heavy atom. The van der Waals surface area contributed by atoms with E-state index in [0.29, 0.717) is 0 Å². The lowest BCUT2D eigenvalue weighted by Gasteiger charge is -2.26. The van der Waals surface area contributed by atoms with Gasteiger partial charge in [-0.2, -0.15) is 43.5 Å². The molecule has 28 heavy (non-hydrogen) atoms. The molecule has 0 radical (unpaired) electrons. The van der Waals surface area contributed by atoms with Gasteiger partial charge in [0, 0.05) is 0 Å². The minimum atomic E-state index is -6.73. The lowest BCUT2D eigenvalue weighted by molar-refractivity contribution is -0.259. The molecule has 0 saturated heterocycles. The summed E-state index contributed by atoms with van der Waals surface area (Å²) in [7, 11) is -6.73. The molecular formula is C10H8F10O7S. The van der Waals surface area contributed by atoms with Crippen LogP contribution in [0.25, 0.3) is 0 Å². The van der Waals surface area contributed by atoms with Crippen LogP contribution in [0.15, 0.2) is 0 Å². The van der Waals surface area contributed by atoms with Crippen LogP contribution in [0.1, 0.15) is 12.8 Å². The summed E-state index contributed by atoms with van der Waals surface area (Å²) in [6, 6.07) is 0. The van der Waals surface area contributed by atoms with Crippen molar-refractivity contribution < 1.29 is 75.9 Å². The van der Waals surface area contributed by atoms with Gasteiger partial charge in [0.25, 0.3) is 18.6 Å². The Labute approximate surface area is 148 Å². The first-order valence-electron chi connectivity index (χ1n) is 6.36. The Morgan fingerprint density at radius 1 is 0.821 bits per heavy atom. The van der Waals surface area contributed by atoms with Crippen molar-refractivity contribution in [3.8, 4) is 0 Å². The lowest BCUT2D eigenvalue weighted by Crippen LogP contribution is -2.52. The van der Waals surface area contributed by atoms with Crippen molar-refractivity contribution in [2.24, 2.45) is 0 Å². The SMILES string of the molecule is O=C(CCC(=O)OC(C(F)(F)F)C(F)(F)S(=O)(=O)O)OC(C(F)F)C(F)(F)F. The molecule has 0 fully saturated rings. The number of hydrogen-bond acceptors (Lipinski definition) is 6. The summed E-state index contributed by atoms with van der Waals surface area (Å²) < 4.78 is 159. The number of halogens is 10. The van der Waals surface area contributed by atoms with Crippen LogP contribution in [0, 0.1) is 0 Å². The van der Waals surface area contributed by atoms with Crippen LogP contribution >= 0.6 is 0 Å². The van der Waals surface area contributed by atoms with Crippen molar-refractivity contribution in [1.29, 1.82) is 0 Å². The fraction of sp³-hybridized carbons (Fsp3) is 0.800. The maximum atomic E-state index is 13.1. The fourth-order valence-electron chi connectivity index (χ4n) is 1.32. The predicted octanol–water partition coefficient (Wildman–Crippen LogP) is 2.46. The zero-order valence-electron chi connectivity index (χ0n) is 12.7. The molecule has 0 spiro atoms. The van der Waals surface area contributed by atoms with Crippen LogP contribution in [-0.4, -0.2) is 61.1 Å². The number of alkyl halides is 10. The van der Waals surface area contributed by atoms with Crippen molar-refractivity contribution in [3.63, 3.8) is 0 Å². The van der Waals surface area contributed by atoms with Gasteiger partial charge in [-0.3, -0.25) is 14.1 Å². The van der Waals surface area contributed by atoms with Crippen molar-refractivity contribution in [2.75, 3.05) is 0 Å². The van der Waals surface area contributed by atoms with E-state index in [1.807, 2.05) is 0 Å². The van der Waals surface area contributed by atoms with Crippen LogP contribution < -0.4 is 0 Å². The number of carbonyl (C=O) groups is 2. The Balaban J connectivity index is 5.10. The van der Waals surface area contributed by atoms with Gasteiger partial charge in [-0.1, -0.05) is 0 Å². The second kappa shape index (κ2) is 8.66. The molecule has 0 aliphatic rings. The Kier molecular flexibility index (Phi) is 8.09. The second-order valence-corrected chi connectivity index (χ2v) is 6.23. The summed E-state index contributed by atoms with van der Waals surface area (Å²) in [5.74, 6) is -4.56. The maximum absolute atomic E-state index is 13.1. The van der Waals surface area contributed by atoms with Gasteiger partial charge in [0.05, 0.1) is 12.8 Å². The molecule has 0 aromatic rings. The van der Waals surface area contributed by atoms with E-state index in [2.05, 4.69) is 9.47 Å². The highest BCUT2D eigenvalue weighted by atomic mass is 32.2. The Bertz CT molecular complexity index is 669. The Morgan fingerprint density at radius 2 is 1.21 bits per heavy atom. The molecular weight excluding hydrogens is 454 g/mol. The highest BCUT2D eigenvalue weighted by Gasteiger charge is 2.66. The lowest BCUT2D eigenvalue weighted by atomic mass is 10.3. The van der Waals surface area contributed by atoms with Gasteiger partial charge < -0.3 is 9.47 Å². The van der Waals surface area contributed by atoms with Gasteiger partial charge in [0.15, 0.2) is 0 Å². The van der Waals surface area contributed by atoms with E-state index in [-0.39, 0.29) is 0 Å². The van der Waals surface area contributed by atoms with Crippen molar-refractivity contribution in [1.82, 2.24) is 0 Å². The highest BCUT2D eigenvalue weighted by molar-refractivity contribution is 7.86. The molecule has 0 saturated carbocycles. The standard InChI is InChI=1S/C10H8F10O7S/c11-6(12)5(8(13,14)15)26-3(21)1-2-4(22)27-7(9(16,17)18)10(19,20)28(23,24)25/h5-7H,1-2H2,(H,23,24,25). The van der Waals surface area contributed by atoms with Gasteiger partial charge in [0.2, 0.25) is 0 Å². The summed E-state index contributed by atoms with van der Waals surface area (Å²) in [5, 5.41) is -6.07. The largest absolute Gasteiger partial charge is 0.446 e. The number of esters is 2. The predicted molar refractivity (Wildman–Crippen MR) is 63.6 cm³/mol. The minimum absolute atomic E-state index is 1.61. The van der Waals surface area contributed by atoms with E-state index in [4.69, 9.17) is 4.55 Å². The number of carbonyl (C=O) groups excluding carboxylic acids is 2. The fourth-order valence-corrected chi connectivity index (χ4v) is 1.77. The smallest absolute Gasteiger partial charge is 0.432 e. The highest BCUT2D eigenvalue weighted by Crippen LogP contribution is 2.38. The van der Waals surface area contributed by atoms with E-state index in [1.54, 1.807) is 0 Å². The molecule has 1 N–H and O–H groups in total. The van der Waals surface area contributed by atoms with Crippen molar-refractivity contribution in [3.05, 3.63) is 0 Å². The molecule has 2 atom stereocenters. The molecule has 0 rings (SSSR count). The van der Waals surface area contributed by atoms with Crippen molar-refractivity contribution in [2.45, 2.75) is 49.1 Å². The maximum Gasteiger partial charge on any atom is 0.432 e. The van der Waals surface area contributed by atoms with Crippen LogP contribution in [0.4, 0.5) is 43.9 Å². The average Bonchev–Trinajstić information content (AvgIpc) is 2.44. The van der Waals surface area contributed by atoms with Gasteiger partial charge in [0.1, 0.15) is 0 Å². The third-order valence-corrected chi connectivity index (χ3v) is 3.44. The van der Waals surface area contributed by atoms with E-state index in [9.17, 15) is 61.9 Å². The summed E-state index contributed by atoms with van der Waals surface area (Å²) in [5.41, 5.74) is 0. The first-order valence-corrected chi connectivity index (χ1v) is 7.80. The van der Waals surface area contributed by atoms with Gasteiger partial charge >= 0.3 is 39.7 Å². The van der Waals surface area contributed by atoms with Crippen LogP contribution in [0.5, 0.6) is 0 Å². The van der Waals surface area contributed by atoms with Gasteiger partial charge in [-0.25, -0.2) is 8.78 Å². The number of ether oxygens (including phenoxy) is 2. The zero-order valence-corrected chi connectivity index (χ0v) is 13.5. The molecule has 18 heteroatoms. The summed E-state index contributed by atoms with van der Waals surface area (Å²) in [4.78, 5) is 22.1. The van der Waals surface area contributed by atoms with E-state index in [0.717, 1.165) is 0 Å². The first kappa shape index (κ1) is 26.1. The van der Waals surface area contributed by atoms with Crippen LogP contribution in [0.2, 0.25) is 0 Å². The van der Waals surface area contributed by atoms with Crippen LogP contribution in [-0.2, 0) is 29.2 Å². The second-order valence-electron chi connectivity index (χ2n) is 4.73. The Hall–Kier alpha value is -1.85. The summed E-state index contributed by atoms with van der Waals surface area (Å²) in [6.45, 7) is 0. The quantitative estimate of drug-likeness (QED) is 0.336. The molecule has 0 aliphatic carbocycles. The topological polar surface area (TPSA) is 107 Å². The monoisotopic (exact) mass is 462 g/mol. The molecule has 0 amide bonds. The van der Waals surface area contributed by atoms with E-state index < -0.39 is 71.1 Å². The van der Waals surface area contributed by atoms with E-state index >= 15 is 0 Å². The third-order valence-electron chi connectivity index (χ3n) is 2.54. The third kappa shape index (κ3) is 7.28.